The van der Waals surface area contributed by atoms with Crippen molar-refractivity contribution >= 4 is 17.6 Å². The Balaban J connectivity index is 1.22. The number of amides is 1. The summed E-state index contributed by atoms with van der Waals surface area (Å²) >= 11 is 0. The molecule has 0 aromatic heterocycles. The molecule has 1 aliphatic carbocycles. The molecule has 3 N–H and O–H groups in total. The molecular weight excluding hydrogens is 410 g/mol. The van der Waals surface area contributed by atoms with Crippen LogP contribution in [-0.2, 0) is 24.4 Å². The minimum Gasteiger partial charge on any atom is -0.352 e. The highest BCUT2D eigenvalue weighted by molar-refractivity contribution is 5.93. The van der Waals surface area contributed by atoms with Gasteiger partial charge >= 0.3 is 0 Å². The molecule has 1 aliphatic heterocycles. The van der Waals surface area contributed by atoms with Crippen LogP contribution in [0.25, 0.3) is 0 Å². The lowest BCUT2D eigenvalue weighted by Crippen LogP contribution is -2.36. The lowest BCUT2D eigenvalue weighted by Gasteiger charge is -2.26. The first-order valence-electron chi connectivity index (χ1n) is 12.3. The van der Waals surface area contributed by atoms with E-state index >= 15 is 0 Å². The van der Waals surface area contributed by atoms with Crippen LogP contribution in [0.1, 0.15) is 55.2 Å². The van der Waals surface area contributed by atoms with Crippen molar-refractivity contribution in [3.05, 3.63) is 65.2 Å². The minimum absolute atomic E-state index is 0.144. The van der Waals surface area contributed by atoms with Gasteiger partial charge in [0.05, 0.1) is 0 Å². The summed E-state index contributed by atoms with van der Waals surface area (Å²) in [5.74, 6) is 1.09. The number of likely N-dealkylation sites (tertiary alicyclic amines) is 1. The number of nitrogens with zero attached hydrogens (tertiary/aromatic N) is 2. The zero-order chi connectivity index (χ0) is 22.9. The maximum Gasteiger partial charge on any atom is 0.227 e. The van der Waals surface area contributed by atoms with Crippen molar-refractivity contribution in [2.24, 2.45) is 10.9 Å². The van der Waals surface area contributed by atoms with E-state index < -0.39 is 0 Å². The van der Waals surface area contributed by atoms with E-state index in [0.29, 0.717) is 6.54 Å². The predicted molar refractivity (Wildman–Crippen MR) is 135 cm³/mol. The minimum atomic E-state index is 0.144. The topological polar surface area (TPSA) is 68.8 Å². The van der Waals surface area contributed by atoms with Gasteiger partial charge in [-0.05, 0) is 67.6 Å². The second kappa shape index (κ2) is 11.8. The maximum atomic E-state index is 12.2. The molecule has 1 heterocycles. The summed E-state index contributed by atoms with van der Waals surface area (Å²) in [5, 5.41) is 9.81. The number of carbonyl (C=O) groups is 1. The van der Waals surface area contributed by atoms with Crippen molar-refractivity contribution in [3.63, 3.8) is 0 Å². The molecule has 2 aromatic rings. The summed E-state index contributed by atoms with van der Waals surface area (Å²) < 4.78 is 0. The van der Waals surface area contributed by atoms with Crippen LogP contribution in [0.15, 0.2) is 53.5 Å². The molecular formula is C27H37N5O. The van der Waals surface area contributed by atoms with Crippen molar-refractivity contribution in [1.29, 1.82) is 0 Å². The van der Waals surface area contributed by atoms with Crippen LogP contribution in [0, 0.1) is 5.92 Å². The smallest absolute Gasteiger partial charge is 0.227 e. The van der Waals surface area contributed by atoms with E-state index in [2.05, 4.69) is 56.2 Å². The van der Waals surface area contributed by atoms with Gasteiger partial charge in [0.25, 0.3) is 0 Å². The van der Waals surface area contributed by atoms with Crippen molar-refractivity contribution in [2.45, 2.75) is 58.2 Å². The summed E-state index contributed by atoms with van der Waals surface area (Å²) in [7, 11) is 1.78. The molecule has 1 saturated heterocycles. The van der Waals surface area contributed by atoms with E-state index in [4.69, 9.17) is 0 Å². The lowest BCUT2D eigenvalue weighted by molar-refractivity contribution is -0.122. The second-order valence-corrected chi connectivity index (χ2v) is 9.25. The van der Waals surface area contributed by atoms with Gasteiger partial charge < -0.3 is 16.0 Å². The number of benzene rings is 2. The lowest BCUT2D eigenvalue weighted by atomic mass is 9.85. The van der Waals surface area contributed by atoms with Crippen LogP contribution in [0.3, 0.4) is 0 Å². The Morgan fingerprint density at radius 3 is 2.27 bits per heavy atom. The Hall–Kier alpha value is -2.86. The monoisotopic (exact) mass is 447 g/mol. The summed E-state index contributed by atoms with van der Waals surface area (Å²) in [6.07, 6.45) is 7.21. The highest BCUT2D eigenvalue weighted by atomic mass is 16.1. The molecule has 0 spiro atoms. The summed E-state index contributed by atoms with van der Waals surface area (Å²) in [6.45, 7) is 4.86. The van der Waals surface area contributed by atoms with Crippen molar-refractivity contribution in [1.82, 2.24) is 15.5 Å². The van der Waals surface area contributed by atoms with E-state index in [-0.39, 0.29) is 11.8 Å². The number of nitrogens with one attached hydrogen (secondary N) is 3. The number of hydrogen-bond acceptors (Lipinski definition) is 3. The van der Waals surface area contributed by atoms with Gasteiger partial charge in [-0.25, -0.2) is 0 Å². The van der Waals surface area contributed by atoms with Gasteiger partial charge in [-0.2, -0.15) is 0 Å². The first-order chi connectivity index (χ1) is 16.2. The summed E-state index contributed by atoms with van der Waals surface area (Å²) in [4.78, 5) is 19.1. The van der Waals surface area contributed by atoms with Crippen molar-refractivity contribution in [2.75, 3.05) is 25.5 Å². The van der Waals surface area contributed by atoms with Crippen LogP contribution in [-0.4, -0.2) is 36.9 Å². The van der Waals surface area contributed by atoms with Gasteiger partial charge in [0, 0.05) is 38.3 Å². The molecule has 2 fully saturated rings. The van der Waals surface area contributed by atoms with Crippen LogP contribution in [0.2, 0.25) is 0 Å². The first-order valence-corrected chi connectivity index (χ1v) is 12.3. The molecule has 0 atom stereocenters. The Morgan fingerprint density at radius 2 is 1.61 bits per heavy atom. The van der Waals surface area contributed by atoms with E-state index in [1.54, 1.807) is 7.05 Å². The van der Waals surface area contributed by atoms with Gasteiger partial charge in [-0.15, -0.1) is 0 Å². The van der Waals surface area contributed by atoms with Crippen LogP contribution in [0.5, 0.6) is 0 Å². The van der Waals surface area contributed by atoms with Crippen LogP contribution < -0.4 is 16.0 Å². The number of piperidine rings is 1. The molecule has 4 rings (SSSR count). The Kier molecular flexibility index (Phi) is 8.36. The Morgan fingerprint density at radius 1 is 0.909 bits per heavy atom. The number of carbonyl (C=O) groups excluding carboxylic acids is 1. The third kappa shape index (κ3) is 7.06. The molecule has 0 unspecified atom stereocenters. The van der Waals surface area contributed by atoms with E-state index in [9.17, 15) is 4.79 Å². The van der Waals surface area contributed by atoms with Gasteiger partial charge in [0.1, 0.15) is 0 Å². The fraction of sp³-hybridized carbons (Fsp3) is 0.481. The average Bonchev–Trinajstić information content (AvgIpc) is 2.80. The number of aliphatic imine (C=N–C) groups is 1. The SMILES string of the molecule is CN=C(NCc1ccc(CN2CCCCC2)cc1)NCc1cccc(NC(=O)C2CCC2)c1. The van der Waals surface area contributed by atoms with Crippen molar-refractivity contribution in [3.8, 4) is 0 Å². The maximum absolute atomic E-state index is 12.2. The molecule has 0 radical (unpaired) electrons. The zero-order valence-corrected chi connectivity index (χ0v) is 19.8. The zero-order valence-electron chi connectivity index (χ0n) is 19.8. The fourth-order valence-corrected chi connectivity index (χ4v) is 4.40. The molecule has 2 aliphatic rings. The quantitative estimate of drug-likeness (QED) is 0.417. The predicted octanol–water partition coefficient (Wildman–Crippen LogP) is 4.28. The Bertz CT molecular complexity index is 930. The van der Waals surface area contributed by atoms with Crippen LogP contribution >= 0.6 is 0 Å². The van der Waals surface area contributed by atoms with Gasteiger partial charge in [0.2, 0.25) is 5.91 Å². The first kappa shape index (κ1) is 23.3. The third-order valence-corrected chi connectivity index (χ3v) is 6.69. The number of anilines is 1. The highest BCUT2D eigenvalue weighted by Crippen LogP contribution is 2.27. The molecule has 6 heteroatoms. The number of rotatable bonds is 8. The van der Waals surface area contributed by atoms with Gasteiger partial charge in [0.15, 0.2) is 5.96 Å². The average molecular weight is 448 g/mol. The fourth-order valence-electron chi connectivity index (χ4n) is 4.40. The summed E-state index contributed by atoms with van der Waals surface area (Å²) in [5.41, 5.74) is 4.58. The van der Waals surface area contributed by atoms with E-state index in [0.717, 1.165) is 49.6 Å². The largest absolute Gasteiger partial charge is 0.352 e. The van der Waals surface area contributed by atoms with E-state index in [1.165, 1.54) is 43.5 Å². The molecule has 1 amide bonds. The normalized spacial score (nSPS) is 17.3. The highest BCUT2D eigenvalue weighted by Gasteiger charge is 2.25. The third-order valence-electron chi connectivity index (χ3n) is 6.69. The second-order valence-electron chi connectivity index (χ2n) is 9.25. The molecule has 176 valence electrons. The standard InChI is InChI=1S/C27H37N5O/c1-28-27(29-18-21-11-13-22(14-12-21)20-32-15-3-2-4-16-32)30-19-23-7-5-10-25(17-23)31-26(33)24-8-6-9-24/h5,7,10-14,17,24H,2-4,6,8-9,15-16,18-20H2,1H3,(H,31,33)(H2,28,29,30). The number of guanidine groups is 1. The molecule has 6 nitrogen and oxygen atoms in total. The van der Waals surface area contributed by atoms with Gasteiger partial charge in [-0.1, -0.05) is 49.2 Å². The van der Waals surface area contributed by atoms with Crippen molar-refractivity contribution < 1.29 is 4.79 Å². The van der Waals surface area contributed by atoms with Gasteiger partial charge in [-0.3, -0.25) is 14.7 Å². The number of hydrogen-bond donors (Lipinski definition) is 3. The van der Waals surface area contributed by atoms with E-state index in [1.807, 2.05) is 18.2 Å². The Labute approximate surface area is 197 Å². The molecule has 1 saturated carbocycles. The van der Waals surface area contributed by atoms with Crippen LogP contribution in [0.4, 0.5) is 5.69 Å². The molecule has 0 bridgehead atoms. The molecule has 2 aromatic carbocycles. The summed E-state index contributed by atoms with van der Waals surface area (Å²) in [6, 6.07) is 16.9. The molecule has 33 heavy (non-hydrogen) atoms.